The van der Waals surface area contributed by atoms with Crippen molar-refractivity contribution < 1.29 is 8.91 Å². The lowest BCUT2D eigenvalue weighted by Gasteiger charge is -2.09. The lowest BCUT2D eigenvalue weighted by molar-refractivity contribution is 0.423. The molecular formula is C21H14ClFN6O. The molecule has 0 aliphatic heterocycles. The molecule has 0 fully saturated rings. The van der Waals surface area contributed by atoms with Crippen LogP contribution in [0.25, 0.3) is 39.6 Å². The van der Waals surface area contributed by atoms with Crippen molar-refractivity contribution in [2.75, 3.05) is 5.73 Å². The van der Waals surface area contributed by atoms with Gasteiger partial charge in [-0.2, -0.15) is 0 Å². The van der Waals surface area contributed by atoms with Gasteiger partial charge in [-0.3, -0.25) is 9.55 Å². The SMILES string of the molecule is Nc1nocc1-c1nc2ccc(-c3ccc(F)cn3)nc2n1-c1ccc(CCl)cc1. The topological polar surface area (TPSA) is 95.7 Å². The van der Waals surface area contributed by atoms with Crippen LogP contribution in [0, 0.1) is 5.82 Å². The summed E-state index contributed by atoms with van der Waals surface area (Å²) in [6.45, 7) is 0. The summed E-state index contributed by atoms with van der Waals surface area (Å²) < 4.78 is 20.1. The second-order valence-corrected chi connectivity index (χ2v) is 6.85. The molecule has 2 N–H and O–H groups in total. The average molecular weight is 421 g/mol. The fourth-order valence-electron chi connectivity index (χ4n) is 3.20. The molecule has 1 aromatic carbocycles. The highest BCUT2D eigenvalue weighted by Crippen LogP contribution is 2.32. The van der Waals surface area contributed by atoms with Crippen LogP contribution in [-0.2, 0) is 5.88 Å². The van der Waals surface area contributed by atoms with Gasteiger partial charge in [-0.15, -0.1) is 11.6 Å². The first-order valence-corrected chi connectivity index (χ1v) is 9.54. The fourth-order valence-corrected chi connectivity index (χ4v) is 3.38. The summed E-state index contributed by atoms with van der Waals surface area (Å²) in [5, 5.41) is 3.76. The van der Waals surface area contributed by atoms with Gasteiger partial charge in [-0.1, -0.05) is 17.3 Å². The largest absolute Gasteiger partial charge is 0.380 e. The highest BCUT2D eigenvalue weighted by molar-refractivity contribution is 6.17. The van der Waals surface area contributed by atoms with Crippen LogP contribution in [0.3, 0.4) is 0 Å². The van der Waals surface area contributed by atoms with Crippen molar-refractivity contribution in [1.82, 2.24) is 24.7 Å². The van der Waals surface area contributed by atoms with Crippen LogP contribution < -0.4 is 5.73 Å². The third-order valence-electron chi connectivity index (χ3n) is 4.68. The van der Waals surface area contributed by atoms with Crippen molar-refractivity contribution in [2.24, 2.45) is 0 Å². The lowest BCUT2D eigenvalue weighted by atomic mass is 10.2. The number of nitrogens with zero attached hydrogens (tertiary/aromatic N) is 5. The number of hydrogen-bond donors (Lipinski definition) is 1. The van der Waals surface area contributed by atoms with E-state index >= 15 is 0 Å². The molecule has 4 heterocycles. The lowest BCUT2D eigenvalue weighted by Crippen LogP contribution is -2.01. The average Bonchev–Trinajstić information content (AvgIpc) is 3.36. The molecule has 0 saturated carbocycles. The Labute approximate surface area is 175 Å². The number of aromatic nitrogens is 5. The van der Waals surface area contributed by atoms with Crippen LogP contribution in [0.5, 0.6) is 0 Å². The minimum Gasteiger partial charge on any atom is -0.380 e. The molecule has 0 spiro atoms. The van der Waals surface area contributed by atoms with E-state index in [1.54, 1.807) is 12.1 Å². The van der Waals surface area contributed by atoms with Crippen LogP contribution in [-0.4, -0.2) is 24.7 Å². The van der Waals surface area contributed by atoms with E-state index in [0.29, 0.717) is 39.8 Å². The fraction of sp³-hybridized carbons (Fsp3) is 0.0476. The molecular weight excluding hydrogens is 407 g/mol. The second kappa shape index (κ2) is 7.23. The number of imidazole rings is 1. The molecule has 0 saturated heterocycles. The van der Waals surface area contributed by atoms with Gasteiger partial charge < -0.3 is 10.3 Å². The Kier molecular flexibility index (Phi) is 4.40. The van der Waals surface area contributed by atoms with Crippen molar-refractivity contribution in [3.05, 3.63) is 72.4 Å². The van der Waals surface area contributed by atoms with E-state index in [-0.39, 0.29) is 5.82 Å². The summed E-state index contributed by atoms with van der Waals surface area (Å²) in [7, 11) is 0. The first-order valence-electron chi connectivity index (χ1n) is 9.01. The van der Waals surface area contributed by atoms with Crippen molar-refractivity contribution in [3.8, 4) is 28.5 Å². The predicted molar refractivity (Wildman–Crippen MR) is 112 cm³/mol. The minimum atomic E-state index is -0.408. The standard InChI is InChI=1S/C21H14ClFN6O/c22-9-12-1-4-14(5-2-12)29-20(15-11-30-28-19(15)24)27-18-8-7-17(26-21(18)29)16-6-3-13(23)10-25-16/h1-8,10-11H,9H2,(H2,24,28). The normalized spacial score (nSPS) is 11.3. The molecule has 7 nitrogen and oxygen atoms in total. The van der Waals surface area contributed by atoms with Crippen molar-refractivity contribution in [1.29, 1.82) is 0 Å². The van der Waals surface area contributed by atoms with E-state index in [4.69, 9.17) is 31.8 Å². The van der Waals surface area contributed by atoms with E-state index in [1.165, 1.54) is 12.3 Å². The molecule has 0 amide bonds. The summed E-state index contributed by atoms with van der Waals surface area (Å²) in [5.41, 5.74) is 10.7. The maximum atomic E-state index is 13.3. The predicted octanol–water partition coefficient (Wildman–Crippen LogP) is 4.60. The minimum absolute atomic E-state index is 0.226. The van der Waals surface area contributed by atoms with Gasteiger partial charge in [0.15, 0.2) is 17.3 Å². The first kappa shape index (κ1) is 18.3. The number of halogens is 2. The van der Waals surface area contributed by atoms with Crippen LogP contribution in [0.4, 0.5) is 10.2 Å². The Morgan fingerprint density at radius 2 is 1.80 bits per heavy atom. The summed E-state index contributed by atoms with van der Waals surface area (Å²) in [6, 6.07) is 14.3. The summed E-state index contributed by atoms with van der Waals surface area (Å²) >= 11 is 5.93. The van der Waals surface area contributed by atoms with Crippen LogP contribution in [0.15, 0.2) is 65.5 Å². The van der Waals surface area contributed by atoms with Gasteiger partial charge in [0.1, 0.15) is 23.2 Å². The molecule has 4 aromatic heterocycles. The molecule has 0 bridgehead atoms. The van der Waals surface area contributed by atoms with E-state index < -0.39 is 5.82 Å². The van der Waals surface area contributed by atoms with Gasteiger partial charge in [0.25, 0.3) is 0 Å². The van der Waals surface area contributed by atoms with Crippen LogP contribution in [0.1, 0.15) is 5.56 Å². The molecule has 0 radical (unpaired) electrons. The van der Waals surface area contributed by atoms with Crippen molar-refractivity contribution >= 4 is 28.6 Å². The molecule has 9 heteroatoms. The monoisotopic (exact) mass is 420 g/mol. The number of benzene rings is 1. The highest BCUT2D eigenvalue weighted by Gasteiger charge is 2.20. The zero-order valence-electron chi connectivity index (χ0n) is 15.5. The molecule has 0 aliphatic carbocycles. The molecule has 30 heavy (non-hydrogen) atoms. The molecule has 0 unspecified atom stereocenters. The molecule has 5 rings (SSSR count). The Hall–Kier alpha value is -3.78. The zero-order chi connectivity index (χ0) is 20.7. The van der Waals surface area contributed by atoms with Crippen LogP contribution >= 0.6 is 11.6 Å². The quantitative estimate of drug-likeness (QED) is 0.427. The Morgan fingerprint density at radius 3 is 2.47 bits per heavy atom. The molecule has 5 aromatic rings. The highest BCUT2D eigenvalue weighted by atomic mass is 35.5. The first-order chi connectivity index (χ1) is 14.6. The number of nitrogens with two attached hydrogens (primary N) is 1. The van der Waals surface area contributed by atoms with E-state index in [0.717, 1.165) is 17.4 Å². The Bertz CT molecular complexity index is 1340. The van der Waals surface area contributed by atoms with Crippen molar-refractivity contribution in [3.63, 3.8) is 0 Å². The van der Waals surface area contributed by atoms with Crippen molar-refractivity contribution in [2.45, 2.75) is 5.88 Å². The Morgan fingerprint density at radius 1 is 1.00 bits per heavy atom. The van der Waals surface area contributed by atoms with E-state index in [9.17, 15) is 4.39 Å². The number of nitrogen functional groups attached to an aromatic ring is 1. The van der Waals surface area contributed by atoms with E-state index in [1.807, 2.05) is 34.9 Å². The number of fused-ring (bicyclic) bond motifs is 1. The number of anilines is 1. The van der Waals surface area contributed by atoms with Gasteiger partial charge in [0, 0.05) is 11.6 Å². The number of pyridine rings is 2. The summed E-state index contributed by atoms with van der Waals surface area (Å²) in [5.74, 6) is 0.771. The maximum Gasteiger partial charge on any atom is 0.177 e. The van der Waals surface area contributed by atoms with E-state index in [2.05, 4.69) is 10.1 Å². The second-order valence-electron chi connectivity index (χ2n) is 6.59. The van der Waals surface area contributed by atoms with Gasteiger partial charge in [-0.05, 0) is 42.0 Å². The smallest absolute Gasteiger partial charge is 0.177 e. The summed E-state index contributed by atoms with van der Waals surface area (Å²) in [6.07, 6.45) is 2.61. The number of hydrogen-bond acceptors (Lipinski definition) is 6. The number of rotatable bonds is 4. The molecule has 0 atom stereocenters. The summed E-state index contributed by atoms with van der Waals surface area (Å²) in [4.78, 5) is 13.6. The molecule has 0 aliphatic rings. The molecule has 148 valence electrons. The third kappa shape index (κ3) is 3.07. The Balaban J connectivity index is 1.76. The number of alkyl halides is 1. The van der Waals surface area contributed by atoms with Gasteiger partial charge in [0.05, 0.1) is 17.6 Å². The third-order valence-corrected chi connectivity index (χ3v) is 4.99. The zero-order valence-corrected chi connectivity index (χ0v) is 16.2. The van der Waals surface area contributed by atoms with Gasteiger partial charge in [-0.25, -0.2) is 14.4 Å². The van der Waals surface area contributed by atoms with Crippen LogP contribution in [0.2, 0.25) is 0 Å². The van der Waals surface area contributed by atoms with Gasteiger partial charge in [0.2, 0.25) is 0 Å². The maximum absolute atomic E-state index is 13.3. The van der Waals surface area contributed by atoms with Gasteiger partial charge >= 0.3 is 0 Å².